The molecule has 0 bridgehead atoms. The molecule has 2 N–H and O–H groups in total. The predicted molar refractivity (Wildman–Crippen MR) is 51.3 cm³/mol. The summed E-state index contributed by atoms with van der Waals surface area (Å²) < 4.78 is 13.1. The number of pyridine rings is 1. The van der Waals surface area contributed by atoms with E-state index in [4.69, 9.17) is 5.73 Å². The average molecular weight is 192 g/mol. The maximum atomic E-state index is 13.1. The summed E-state index contributed by atoms with van der Waals surface area (Å²) in [5.74, 6) is -0.203. The van der Waals surface area contributed by atoms with Crippen LogP contribution in [0.3, 0.4) is 0 Å². The van der Waals surface area contributed by atoms with E-state index in [1.54, 1.807) is 6.07 Å². The molecule has 0 radical (unpaired) electrons. The molecule has 1 aromatic rings. The molecule has 3 rings (SSSR count). The van der Waals surface area contributed by atoms with Crippen LogP contribution in [0.25, 0.3) is 0 Å². The van der Waals surface area contributed by atoms with Crippen LogP contribution in [0.2, 0.25) is 0 Å². The van der Waals surface area contributed by atoms with E-state index >= 15 is 0 Å². The van der Waals surface area contributed by atoms with Gasteiger partial charge in [-0.1, -0.05) is 0 Å². The molecule has 2 aliphatic rings. The summed E-state index contributed by atoms with van der Waals surface area (Å²) in [5, 5.41) is 0. The van der Waals surface area contributed by atoms with Crippen molar-refractivity contribution in [1.29, 1.82) is 0 Å². The molecule has 0 atom stereocenters. The largest absolute Gasteiger partial charge is 0.324 e. The third-order valence-corrected chi connectivity index (χ3v) is 3.70. The Hall–Kier alpha value is -0.960. The minimum Gasteiger partial charge on any atom is -0.324 e. The van der Waals surface area contributed by atoms with Crippen molar-refractivity contribution < 1.29 is 4.39 Å². The highest BCUT2D eigenvalue weighted by Crippen LogP contribution is 2.63. The lowest BCUT2D eigenvalue weighted by Crippen LogP contribution is -2.37. The summed E-state index contributed by atoms with van der Waals surface area (Å²) in [6.07, 6.45) is 5.80. The molecule has 0 aliphatic heterocycles. The predicted octanol–water partition coefficient (Wildman–Crippen LogP) is 1.74. The topological polar surface area (TPSA) is 38.9 Å². The van der Waals surface area contributed by atoms with Crippen molar-refractivity contribution in [3.63, 3.8) is 0 Å². The van der Waals surface area contributed by atoms with Gasteiger partial charge in [0, 0.05) is 17.2 Å². The van der Waals surface area contributed by atoms with Crippen LogP contribution in [0.4, 0.5) is 4.39 Å². The maximum Gasteiger partial charge on any atom is 0.126 e. The van der Waals surface area contributed by atoms with Crippen molar-refractivity contribution in [2.24, 2.45) is 5.73 Å². The van der Waals surface area contributed by atoms with Crippen molar-refractivity contribution in [2.45, 2.75) is 36.6 Å². The van der Waals surface area contributed by atoms with Crippen LogP contribution < -0.4 is 5.73 Å². The second-order valence-corrected chi connectivity index (χ2v) is 4.60. The van der Waals surface area contributed by atoms with Gasteiger partial charge >= 0.3 is 0 Å². The number of aromatic nitrogens is 1. The summed E-state index contributed by atoms with van der Waals surface area (Å²) >= 11 is 0. The Morgan fingerprint density at radius 3 is 2.50 bits per heavy atom. The zero-order valence-corrected chi connectivity index (χ0v) is 7.96. The molecule has 2 nitrogen and oxygen atoms in total. The Bertz CT molecular complexity index is 381. The molecule has 74 valence electrons. The quantitative estimate of drug-likeness (QED) is 0.775. The van der Waals surface area contributed by atoms with E-state index in [9.17, 15) is 4.39 Å². The Morgan fingerprint density at radius 2 is 2.00 bits per heavy atom. The summed E-state index contributed by atoms with van der Waals surface area (Å²) in [6, 6.07) is 2.93. The number of hydrogen-bond donors (Lipinski definition) is 1. The van der Waals surface area contributed by atoms with Gasteiger partial charge in [0.05, 0.1) is 5.69 Å². The summed E-state index contributed by atoms with van der Waals surface area (Å²) in [5.41, 5.74) is 7.00. The fourth-order valence-electron chi connectivity index (χ4n) is 2.41. The van der Waals surface area contributed by atoms with Gasteiger partial charge in [-0.15, -0.1) is 0 Å². The van der Waals surface area contributed by atoms with Gasteiger partial charge in [-0.25, -0.2) is 4.39 Å². The van der Waals surface area contributed by atoms with E-state index in [1.165, 1.54) is 12.3 Å². The molecule has 2 fully saturated rings. The first-order valence-electron chi connectivity index (χ1n) is 5.07. The van der Waals surface area contributed by atoms with E-state index in [-0.39, 0.29) is 16.8 Å². The zero-order chi connectivity index (χ0) is 9.81. The Balaban J connectivity index is 2.02. The standard InChI is InChI=1S/C11H13FN2/c12-8-1-6-14-9(7-8)10(2-3-10)11(13)4-5-11/h1,6-7H,2-5,13H2. The minimum absolute atomic E-state index is 0.00903. The third kappa shape index (κ3) is 0.960. The minimum atomic E-state index is -0.203. The van der Waals surface area contributed by atoms with E-state index < -0.39 is 0 Å². The fraction of sp³-hybridized carbons (Fsp3) is 0.545. The number of rotatable bonds is 2. The average Bonchev–Trinajstić information content (AvgIpc) is 2.98. The second kappa shape index (κ2) is 2.34. The van der Waals surface area contributed by atoms with Gasteiger partial charge in [0.2, 0.25) is 0 Å². The first kappa shape index (κ1) is 8.36. The Labute approximate surface area is 82.3 Å². The molecular weight excluding hydrogens is 179 g/mol. The number of halogens is 1. The Kier molecular flexibility index (Phi) is 1.40. The van der Waals surface area contributed by atoms with Gasteiger partial charge in [-0.3, -0.25) is 4.98 Å². The number of nitrogens with zero attached hydrogens (tertiary/aromatic N) is 1. The van der Waals surface area contributed by atoms with E-state index in [0.717, 1.165) is 31.4 Å². The van der Waals surface area contributed by atoms with E-state index in [0.29, 0.717) is 0 Å². The van der Waals surface area contributed by atoms with Crippen LogP contribution in [0, 0.1) is 5.82 Å². The first-order valence-corrected chi connectivity index (χ1v) is 5.07. The molecule has 3 heteroatoms. The van der Waals surface area contributed by atoms with Gasteiger partial charge in [0.15, 0.2) is 0 Å². The van der Waals surface area contributed by atoms with Gasteiger partial charge in [0.1, 0.15) is 5.82 Å². The molecule has 0 spiro atoms. The molecule has 0 aromatic carbocycles. The molecule has 2 saturated carbocycles. The summed E-state index contributed by atoms with van der Waals surface area (Å²) in [4.78, 5) is 4.26. The van der Waals surface area contributed by atoms with Crippen LogP contribution in [-0.2, 0) is 5.41 Å². The van der Waals surface area contributed by atoms with Crippen molar-refractivity contribution in [1.82, 2.24) is 4.98 Å². The Morgan fingerprint density at radius 1 is 1.29 bits per heavy atom. The van der Waals surface area contributed by atoms with Gasteiger partial charge < -0.3 is 5.73 Å². The second-order valence-electron chi connectivity index (χ2n) is 4.60. The molecule has 1 heterocycles. The van der Waals surface area contributed by atoms with Crippen molar-refractivity contribution >= 4 is 0 Å². The number of nitrogens with two attached hydrogens (primary N) is 1. The van der Waals surface area contributed by atoms with Crippen LogP contribution >= 0.6 is 0 Å². The lowest BCUT2D eigenvalue weighted by Gasteiger charge is -2.21. The first-order chi connectivity index (χ1) is 6.66. The smallest absolute Gasteiger partial charge is 0.126 e. The van der Waals surface area contributed by atoms with Gasteiger partial charge in [-0.05, 0) is 37.8 Å². The highest BCUT2D eigenvalue weighted by atomic mass is 19.1. The van der Waals surface area contributed by atoms with Gasteiger partial charge in [0.25, 0.3) is 0 Å². The highest BCUT2D eigenvalue weighted by Gasteiger charge is 2.64. The third-order valence-electron chi connectivity index (χ3n) is 3.70. The van der Waals surface area contributed by atoms with Crippen molar-refractivity contribution in [3.8, 4) is 0 Å². The molecular formula is C11H13FN2. The fourth-order valence-corrected chi connectivity index (χ4v) is 2.41. The lowest BCUT2D eigenvalue weighted by molar-refractivity contribution is 0.486. The maximum absolute atomic E-state index is 13.1. The number of hydrogen-bond acceptors (Lipinski definition) is 2. The SMILES string of the molecule is NC1(C2(c3cc(F)ccn3)CC2)CC1. The molecule has 0 saturated heterocycles. The van der Waals surface area contributed by atoms with Crippen molar-refractivity contribution in [3.05, 3.63) is 29.8 Å². The zero-order valence-electron chi connectivity index (χ0n) is 7.96. The van der Waals surface area contributed by atoms with Crippen LogP contribution in [-0.4, -0.2) is 10.5 Å². The van der Waals surface area contributed by atoms with Crippen LogP contribution in [0.1, 0.15) is 31.4 Å². The summed E-state index contributed by atoms with van der Waals surface area (Å²) in [6.45, 7) is 0. The van der Waals surface area contributed by atoms with Crippen LogP contribution in [0.15, 0.2) is 18.3 Å². The molecule has 0 unspecified atom stereocenters. The van der Waals surface area contributed by atoms with Gasteiger partial charge in [-0.2, -0.15) is 0 Å². The van der Waals surface area contributed by atoms with Crippen LogP contribution in [0.5, 0.6) is 0 Å². The van der Waals surface area contributed by atoms with E-state index in [1.807, 2.05) is 0 Å². The molecule has 2 aliphatic carbocycles. The normalized spacial score (nSPS) is 25.9. The molecule has 1 aromatic heterocycles. The lowest BCUT2D eigenvalue weighted by atomic mass is 9.90. The van der Waals surface area contributed by atoms with Crippen molar-refractivity contribution in [2.75, 3.05) is 0 Å². The van der Waals surface area contributed by atoms with E-state index in [2.05, 4.69) is 4.98 Å². The molecule has 14 heavy (non-hydrogen) atoms. The molecule has 0 amide bonds. The summed E-state index contributed by atoms with van der Waals surface area (Å²) in [7, 11) is 0. The monoisotopic (exact) mass is 192 g/mol. The highest BCUT2D eigenvalue weighted by molar-refractivity contribution is 5.36.